The average molecular weight is 530 g/mol. The molecule has 1 unspecified atom stereocenters. The predicted molar refractivity (Wildman–Crippen MR) is 124 cm³/mol. The number of hydrogen-bond donors (Lipinski definition) is 2. The van der Waals surface area contributed by atoms with Gasteiger partial charge in [0.1, 0.15) is 5.82 Å². The van der Waals surface area contributed by atoms with Crippen molar-refractivity contribution in [1.29, 1.82) is 0 Å². The molecule has 0 radical (unpaired) electrons. The molecule has 29 heavy (non-hydrogen) atoms. The topological polar surface area (TPSA) is 95.4 Å². The van der Waals surface area contributed by atoms with E-state index in [-0.39, 0.29) is 12.1 Å². The zero-order chi connectivity index (χ0) is 20.8. The molecule has 1 saturated carbocycles. The van der Waals surface area contributed by atoms with Crippen LogP contribution in [0.1, 0.15) is 51.0 Å². The van der Waals surface area contributed by atoms with Gasteiger partial charge in [-0.25, -0.2) is 13.4 Å². The van der Waals surface area contributed by atoms with Crippen LogP contribution in [-0.4, -0.2) is 54.0 Å². The highest BCUT2D eigenvalue weighted by molar-refractivity contribution is 14.1. The zero-order valence-corrected chi connectivity index (χ0v) is 19.7. The Balaban J connectivity index is 1.56. The van der Waals surface area contributed by atoms with Crippen LogP contribution in [-0.2, 0) is 9.84 Å². The minimum Gasteiger partial charge on any atom is -0.388 e. The molecule has 1 fully saturated rings. The fourth-order valence-electron chi connectivity index (χ4n) is 4.58. The molecule has 2 aliphatic carbocycles. The molecule has 4 rings (SSSR count). The molecule has 1 aliphatic heterocycles. The number of nitrogens with zero attached hydrogens (tertiary/aromatic N) is 3. The number of aromatic nitrogens is 2. The summed E-state index contributed by atoms with van der Waals surface area (Å²) in [5, 5.41) is 14.2. The van der Waals surface area contributed by atoms with Gasteiger partial charge in [-0.2, -0.15) is 4.98 Å². The van der Waals surface area contributed by atoms with E-state index < -0.39 is 15.4 Å². The lowest BCUT2D eigenvalue weighted by atomic mass is 9.97. The number of fused-ring (bicyclic) bond motifs is 1. The summed E-state index contributed by atoms with van der Waals surface area (Å²) < 4.78 is 24.6. The van der Waals surface area contributed by atoms with Crippen LogP contribution in [0.15, 0.2) is 20.8 Å². The van der Waals surface area contributed by atoms with E-state index in [0.717, 1.165) is 43.6 Å². The minimum absolute atomic E-state index is 0.0393. The molecule has 0 saturated heterocycles. The first-order chi connectivity index (χ1) is 13.6. The maximum absolute atomic E-state index is 11.7. The van der Waals surface area contributed by atoms with Crippen LogP contribution in [0.4, 0.5) is 11.8 Å². The van der Waals surface area contributed by atoms with Gasteiger partial charge in [-0.05, 0) is 74.1 Å². The van der Waals surface area contributed by atoms with E-state index in [2.05, 4.69) is 43.9 Å². The first-order valence-corrected chi connectivity index (χ1v) is 13.0. The number of aliphatic hydroxyl groups is 1. The van der Waals surface area contributed by atoms with Crippen molar-refractivity contribution >= 4 is 50.3 Å². The van der Waals surface area contributed by atoms with Crippen LogP contribution in [0.2, 0.25) is 0 Å². The molecule has 2 N–H and O–H groups in total. The number of allylic oxidation sites excluding steroid dienone is 1. The van der Waals surface area contributed by atoms with Crippen molar-refractivity contribution in [2.24, 2.45) is 0 Å². The van der Waals surface area contributed by atoms with Crippen molar-refractivity contribution in [2.45, 2.75) is 63.1 Å². The lowest BCUT2D eigenvalue weighted by Crippen LogP contribution is -2.49. The Morgan fingerprint density at radius 1 is 1.38 bits per heavy atom. The maximum Gasteiger partial charge on any atom is 0.224 e. The molecular formula is C20H27IN4O3S. The van der Waals surface area contributed by atoms with Crippen molar-refractivity contribution in [1.82, 2.24) is 9.97 Å². The minimum atomic E-state index is -3.10. The summed E-state index contributed by atoms with van der Waals surface area (Å²) in [4.78, 5) is 12.0. The van der Waals surface area contributed by atoms with Gasteiger partial charge in [-0.1, -0.05) is 6.08 Å². The summed E-state index contributed by atoms with van der Waals surface area (Å²) in [7, 11) is -3.10. The summed E-state index contributed by atoms with van der Waals surface area (Å²) in [6.07, 6.45) is 11.7. The molecule has 2 heterocycles. The Hall–Kier alpha value is -1.20. The van der Waals surface area contributed by atoms with Crippen molar-refractivity contribution in [3.63, 3.8) is 0 Å². The van der Waals surface area contributed by atoms with E-state index >= 15 is 0 Å². The molecule has 9 heteroatoms. The first kappa shape index (κ1) is 21.0. The Morgan fingerprint density at radius 3 is 2.79 bits per heavy atom. The fraction of sp³-hybridized carbons (Fsp3) is 0.600. The van der Waals surface area contributed by atoms with E-state index in [1.807, 2.05) is 19.2 Å². The second kappa shape index (κ2) is 7.81. The fourth-order valence-corrected chi connectivity index (χ4v) is 6.17. The second-order valence-electron chi connectivity index (χ2n) is 8.52. The second-order valence-corrected chi connectivity index (χ2v) is 12.0. The number of halogens is 1. The van der Waals surface area contributed by atoms with Crippen LogP contribution < -0.4 is 10.2 Å². The normalized spacial score (nSPS) is 29.9. The Labute approximate surface area is 185 Å². The average Bonchev–Trinajstić information content (AvgIpc) is 3.00. The highest BCUT2D eigenvalue weighted by atomic mass is 127. The van der Waals surface area contributed by atoms with E-state index in [0.29, 0.717) is 23.7 Å². The quantitative estimate of drug-likeness (QED) is 0.577. The summed E-state index contributed by atoms with van der Waals surface area (Å²) in [6, 6.07) is 0.151. The third-order valence-electron chi connectivity index (χ3n) is 6.13. The van der Waals surface area contributed by atoms with Gasteiger partial charge in [0.25, 0.3) is 0 Å². The Kier molecular flexibility index (Phi) is 5.67. The largest absolute Gasteiger partial charge is 0.388 e. The number of anilines is 2. The number of rotatable bonds is 4. The summed E-state index contributed by atoms with van der Waals surface area (Å²) in [5.41, 5.74) is 0.247. The zero-order valence-electron chi connectivity index (χ0n) is 16.7. The standard InChI is InChI=1S/C20H27IN4O3S/c1-20(26)9-3-4-17(20)25-12-14(21)10-13-11-22-19(24-18(13)25)23-15-5-7-16(8-6-15)29(2,27)28/h7,10-11,15,17,26H,3-6,8-9,12H2,1-2H3,(H,22,23,24)/t15?,17-,20-/m1/s1. The van der Waals surface area contributed by atoms with Gasteiger partial charge in [0.2, 0.25) is 5.95 Å². The molecule has 158 valence electrons. The molecule has 1 aromatic rings. The molecule has 0 spiro atoms. The van der Waals surface area contributed by atoms with Crippen LogP contribution in [0.25, 0.3) is 6.08 Å². The van der Waals surface area contributed by atoms with Gasteiger partial charge in [-0.3, -0.25) is 0 Å². The van der Waals surface area contributed by atoms with Crippen LogP contribution in [0.5, 0.6) is 0 Å². The maximum atomic E-state index is 11.7. The molecule has 7 nitrogen and oxygen atoms in total. The van der Waals surface area contributed by atoms with Crippen molar-refractivity contribution in [3.05, 3.63) is 26.3 Å². The van der Waals surface area contributed by atoms with E-state index in [1.54, 1.807) is 0 Å². The number of nitrogens with one attached hydrogen (secondary N) is 1. The predicted octanol–water partition coefficient (Wildman–Crippen LogP) is 3.27. The molecular weight excluding hydrogens is 503 g/mol. The highest BCUT2D eigenvalue weighted by Gasteiger charge is 2.42. The van der Waals surface area contributed by atoms with Crippen molar-refractivity contribution < 1.29 is 13.5 Å². The first-order valence-electron chi connectivity index (χ1n) is 10.0. The van der Waals surface area contributed by atoms with Gasteiger partial charge >= 0.3 is 0 Å². The third kappa shape index (κ3) is 4.46. The Bertz CT molecular complexity index is 974. The van der Waals surface area contributed by atoms with Gasteiger partial charge in [-0.15, -0.1) is 0 Å². The number of hydrogen-bond acceptors (Lipinski definition) is 7. The number of sulfone groups is 1. The van der Waals surface area contributed by atoms with Gasteiger partial charge in [0.05, 0.1) is 18.2 Å². The monoisotopic (exact) mass is 530 g/mol. The van der Waals surface area contributed by atoms with Crippen molar-refractivity contribution in [3.8, 4) is 0 Å². The summed E-state index contributed by atoms with van der Waals surface area (Å²) in [5.74, 6) is 1.41. The SMILES string of the molecule is C[C@@]1(O)CCC[C@H]1N1CC(I)=Cc2cnc(NC3CC=C(S(C)(=O)=O)CC3)nc21. The van der Waals surface area contributed by atoms with E-state index in [9.17, 15) is 13.5 Å². The lowest BCUT2D eigenvalue weighted by Gasteiger charge is -2.39. The van der Waals surface area contributed by atoms with E-state index in [1.165, 1.54) is 9.84 Å². The Morgan fingerprint density at radius 2 is 2.17 bits per heavy atom. The highest BCUT2D eigenvalue weighted by Crippen LogP contribution is 2.40. The van der Waals surface area contributed by atoms with Gasteiger partial charge < -0.3 is 15.3 Å². The lowest BCUT2D eigenvalue weighted by molar-refractivity contribution is 0.0492. The molecule has 0 aromatic carbocycles. The van der Waals surface area contributed by atoms with Crippen LogP contribution in [0, 0.1) is 0 Å². The van der Waals surface area contributed by atoms with Crippen LogP contribution >= 0.6 is 22.6 Å². The van der Waals surface area contributed by atoms with Crippen molar-refractivity contribution in [2.75, 3.05) is 23.0 Å². The molecule has 3 aliphatic rings. The van der Waals surface area contributed by atoms with Gasteiger partial charge in [0, 0.05) is 32.5 Å². The third-order valence-corrected chi connectivity index (χ3v) is 8.11. The molecule has 1 aromatic heterocycles. The van der Waals surface area contributed by atoms with E-state index in [4.69, 9.17) is 4.98 Å². The summed E-state index contributed by atoms with van der Waals surface area (Å²) >= 11 is 2.34. The molecule has 3 atom stereocenters. The van der Waals surface area contributed by atoms with Gasteiger partial charge in [0.15, 0.2) is 9.84 Å². The van der Waals surface area contributed by atoms with Crippen LogP contribution in [0.3, 0.4) is 0 Å². The summed E-state index contributed by atoms with van der Waals surface area (Å²) in [6.45, 7) is 2.67. The molecule has 0 amide bonds. The smallest absolute Gasteiger partial charge is 0.224 e. The molecule has 0 bridgehead atoms.